The van der Waals surface area contributed by atoms with Crippen LogP contribution in [0.3, 0.4) is 0 Å². The third-order valence-electron chi connectivity index (χ3n) is 3.49. The third kappa shape index (κ3) is 1.63. The van der Waals surface area contributed by atoms with Gasteiger partial charge in [-0.1, -0.05) is 24.3 Å². The van der Waals surface area contributed by atoms with E-state index in [-0.39, 0.29) is 0 Å². The molecule has 4 rings (SSSR count). The van der Waals surface area contributed by atoms with Crippen molar-refractivity contribution in [3.8, 4) is 21.8 Å². The molecule has 0 saturated heterocycles. The van der Waals surface area contributed by atoms with E-state index in [1.165, 1.54) is 16.0 Å². The number of anilines is 1. The van der Waals surface area contributed by atoms with Crippen LogP contribution in [-0.4, -0.2) is 15.0 Å². The number of nitrogens with zero attached hydrogens (tertiary/aromatic N) is 3. The fourth-order valence-corrected chi connectivity index (χ4v) is 3.65. The number of hydrogen-bond acceptors (Lipinski definition) is 5. The highest BCUT2D eigenvalue weighted by Crippen LogP contribution is 2.42. The fourth-order valence-electron chi connectivity index (χ4n) is 2.53. The Hall–Kier alpha value is -2.27. The molecule has 0 radical (unpaired) electrons. The number of aryl methyl sites for hydroxylation is 1. The van der Waals surface area contributed by atoms with E-state index in [2.05, 4.69) is 34.2 Å². The number of rotatable bonds is 1. The summed E-state index contributed by atoms with van der Waals surface area (Å²) in [4.78, 5) is 14.5. The van der Waals surface area contributed by atoms with Gasteiger partial charge in [0.15, 0.2) is 0 Å². The monoisotopic (exact) mass is 280 g/mol. The fraction of sp³-hybridized carbons (Fsp3) is 0.133. The highest BCUT2D eigenvalue weighted by Gasteiger charge is 2.24. The van der Waals surface area contributed by atoms with Gasteiger partial charge in [-0.05, 0) is 12.5 Å². The van der Waals surface area contributed by atoms with Crippen molar-refractivity contribution in [3.05, 3.63) is 46.7 Å². The number of hydrogen-bond donors (Lipinski definition) is 1. The second kappa shape index (κ2) is 4.11. The van der Waals surface area contributed by atoms with Gasteiger partial charge in [-0.25, -0.2) is 15.0 Å². The number of thiazole rings is 1. The third-order valence-corrected chi connectivity index (χ3v) is 4.58. The van der Waals surface area contributed by atoms with E-state index in [4.69, 9.17) is 10.7 Å². The molecule has 2 N–H and O–H groups in total. The van der Waals surface area contributed by atoms with Crippen LogP contribution in [0.5, 0.6) is 0 Å². The largest absolute Gasteiger partial charge is 0.383 e. The zero-order valence-electron chi connectivity index (χ0n) is 10.9. The molecule has 0 atom stereocenters. The summed E-state index contributed by atoms with van der Waals surface area (Å²) in [5.74, 6) is 1.18. The van der Waals surface area contributed by atoms with Gasteiger partial charge in [0.05, 0.1) is 11.3 Å². The summed E-state index contributed by atoms with van der Waals surface area (Å²) < 4.78 is 0. The van der Waals surface area contributed by atoms with Crippen LogP contribution in [-0.2, 0) is 6.42 Å². The molecule has 3 aromatic rings. The molecule has 0 unspecified atom stereocenters. The van der Waals surface area contributed by atoms with Gasteiger partial charge >= 0.3 is 0 Å². The number of nitrogen functional groups attached to an aromatic ring is 1. The van der Waals surface area contributed by atoms with Crippen LogP contribution in [0.2, 0.25) is 0 Å². The number of nitrogens with two attached hydrogens (primary N) is 1. The molecule has 0 bridgehead atoms. The van der Waals surface area contributed by atoms with Crippen LogP contribution in [0, 0.1) is 6.92 Å². The van der Waals surface area contributed by atoms with Crippen molar-refractivity contribution in [3.63, 3.8) is 0 Å². The van der Waals surface area contributed by atoms with Crippen molar-refractivity contribution >= 4 is 17.2 Å². The Morgan fingerprint density at radius 3 is 2.85 bits per heavy atom. The van der Waals surface area contributed by atoms with Crippen LogP contribution in [0.4, 0.5) is 5.82 Å². The maximum Gasteiger partial charge on any atom is 0.137 e. The maximum atomic E-state index is 5.98. The smallest absolute Gasteiger partial charge is 0.137 e. The van der Waals surface area contributed by atoms with E-state index >= 15 is 0 Å². The topological polar surface area (TPSA) is 64.7 Å². The highest BCUT2D eigenvalue weighted by molar-refractivity contribution is 7.15. The molecular weight excluding hydrogens is 268 g/mol. The zero-order valence-corrected chi connectivity index (χ0v) is 11.7. The summed E-state index contributed by atoms with van der Waals surface area (Å²) in [5.41, 5.74) is 10.5. The Morgan fingerprint density at radius 2 is 2.00 bits per heavy atom. The van der Waals surface area contributed by atoms with Crippen LogP contribution in [0.15, 0.2) is 30.5 Å². The quantitative estimate of drug-likeness (QED) is 0.582. The molecule has 0 amide bonds. The lowest BCUT2D eigenvalue weighted by Gasteiger charge is -2.02. The Balaban J connectivity index is 1.85. The van der Waals surface area contributed by atoms with Gasteiger partial charge in [-0.3, -0.25) is 0 Å². The molecule has 2 heterocycles. The first-order valence-electron chi connectivity index (χ1n) is 6.40. The van der Waals surface area contributed by atoms with E-state index < -0.39 is 0 Å². The molecule has 2 aromatic heterocycles. The lowest BCUT2D eigenvalue weighted by atomic mass is 10.1. The van der Waals surface area contributed by atoms with Crippen molar-refractivity contribution in [1.82, 2.24) is 15.0 Å². The van der Waals surface area contributed by atoms with Crippen LogP contribution in [0.25, 0.3) is 21.8 Å². The van der Waals surface area contributed by atoms with Crippen molar-refractivity contribution in [2.75, 3.05) is 5.73 Å². The minimum atomic E-state index is 0.498. The van der Waals surface area contributed by atoms with Crippen LogP contribution >= 0.6 is 11.3 Å². The van der Waals surface area contributed by atoms with Crippen LogP contribution in [0.1, 0.15) is 16.3 Å². The molecule has 0 saturated carbocycles. The average Bonchev–Trinajstić information content (AvgIpc) is 2.96. The van der Waals surface area contributed by atoms with Gasteiger partial charge in [0.25, 0.3) is 0 Å². The molecule has 0 spiro atoms. The Bertz CT molecular complexity index is 822. The van der Waals surface area contributed by atoms with E-state index in [9.17, 15) is 0 Å². The predicted octanol–water partition coefficient (Wildman–Crippen LogP) is 3.06. The van der Waals surface area contributed by atoms with Crippen molar-refractivity contribution < 1.29 is 0 Å². The summed E-state index contributed by atoms with van der Waals surface area (Å²) in [6, 6.07) is 8.41. The van der Waals surface area contributed by atoms with Gasteiger partial charge in [0.1, 0.15) is 16.6 Å². The molecule has 1 aromatic carbocycles. The Labute approximate surface area is 120 Å². The predicted molar refractivity (Wildman–Crippen MR) is 80.5 cm³/mol. The summed E-state index contributed by atoms with van der Waals surface area (Å²) in [6.07, 6.45) is 2.72. The summed E-state index contributed by atoms with van der Waals surface area (Å²) in [6.45, 7) is 1.83. The average molecular weight is 280 g/mol. The normalized spacial score (nSPS) is 12.2. The molecule has 20 heavy (non-hydrogen) atoms. The van der Waals surface area contributed by atoms with Gasteiger partial charge in [-0.15, -0.1) is 11.3 Å². The van der Waals surface area contributed by atoms with Gasteiger partial charge in [0.2, 0.25) is 0 Å². The first kappa shape index (κ1) is 11.5. The molecule has 0 fully saturated rings. The standard InChI is InChI=1S/C15H12N4S/c1-8-17-7-11(14(16)18-8)15-19-13-10-5-3-2-4-9(10)6-12(13)20-15/h2-5,7H,6H2,1H3,(H2,16,17,18). The van der Waals surface area contributed by atoms with E-state index in [0.717, 1.165) is 22.7 Å². The van der Waals surface area contributed by atoms with Gasteiger partial charge < -0.3 is 5.73 Å². The minimum Gasteiger partial charge on any atom is -0.383 e. The molecule has 0 aliphatic heterocycles. The van der Waals surface area contributed by atoms with Crippen LogP contribution < -0.4 is 5.73 Å². The van der Waals surface area contributed by atoms with E-state index in [1.807, 2.05) is 6.92 Å². The number of aromatic nitrogens is 3. The van der Waals surface area contributed by atoms with Gasteiger partial charge in [0, 0.05) is 23.1 Å². The number of benzene rings is 1. The van der Waals surface area contributed by atoms with Crippen molar-refractivity contribution in [2.45, 2.75) is 13.3 Å². The highest BCUT2D eigenvalue weighted by atomic mass is 32.1. The lowest BCUT2D eigenvalue weighted by Crippen LogP contribution is -1.98. The summed E-state index contributed by atoms with van der Waals surface area (Å²) in [5, 5.41) is 0.905. The molecule has 4 nitrogen and oxygen atoms in total. The molecule has 98 valence electrons. The van der Waals surface area contributed by atoms with Gasteiger partial charge in [-0.2, -0.15) is 0 Å². The lowest BCUT2D eigenvalue weighted by molar-refractivity contribution is 1.06. The second-order valence-corrected chi connectivity index (χ2v) is 5.92. The van der Waals surface area contributed by atoms with Crippen molar-refractivity contribution in [2.24, 2.45) is 0 Å². The molecular formula is C15H12N4S. The SMILES string of the molecule is Cc1ncc(-c2nc3c(s2)Cc2ccccc2-3)c(N)n1. The Morgan fingerprint density at radius 1 is 1.15 bits per heavy atom. The molecule has 5 heteroatoms. The summed E-state index contributed by atoms with van der Waals surface area (Å²) in [7, 11) is 0. The first-order valence-corrected chi connectivity index (χ1v) is 7.21. The minimum absolute atomic E-state index is 0.498. The zero-order chi connectivity index (χ0) is 13.7. The summed E-state index contributed by atoms with van der Waals surface area (Å²) >= 11 is 1.68. The number of fused-ring (bicyclic) bond motifs is 3. The first-order chi connectivity index (χ1) is 9.72. The van der Waals surface area contributed by atoms with Crippen molar-refractivity contribution in [1.29, 1.82) is 0 Å². The Kier molecular flexibility index (Phi) is 2.37. The van der Waals surface area contributed by atoms with E-state index in [1.54, 1.807) is 17.5 Å². The molecule has 1 aliphatic rings. The molecule has 1 aliphatic carbocycles. The maximum absolute atomic E-state index is 5.98. The van der Waals surface area contributed by atoms with E-state index in [0.29, 0.717) is 11.6 Å². The second-order valence-electron chi connectivity index (χ2n) is 4.84.